The van der Waals surface area contributed by atoms with E-state index in [1.807, 2.05) is 0 Å². The molecule has 3 N–H and O–H groups in total. The van der Waals surface area contributed by atoms with E-state index in [9.17, 15) is 4.79 Å². The number of halogens is 1. The van der Waals surface area contributed by atoms with Crippen LogP contribution in [0.25, 0.3) is 0 Å². The van der Waals surface area contributed by atoms with Crippen molar-refractivity contribution in [2.75, 3.05) is 18.2 Å². The molecule has 1 aromatic heterocycles. The monoisotopic (exact) mass is 339 g/mol. The van der Waals surface area contributed by atoms with Gasteiger partial charge in [0.1, 0.15) is 5.75 Å². The lowest BCUT2D eigenvalue weighted by Crippen LogP contribution is -2.13. The van der Waals surface area contributed by atoms with Crippen LogP contribution >= 0.6 is 12.4 Å². The topological polar surface area (TPSA) is 95.1 Å². The highest BCUT2D eigenvalue weighted by Gasteiger charge is 2.13. The van der Waals surface area contributed by atoms with Gasteiger partial charge >= 0.3 is 0 Å². The Hall–Kier alpha value is -2.28. The van der Waals surface area contributed by atoms with Gasteiger partial charge in [-0.2, -0.15) is 0 Å². The van der Waals surface area contributed by atoms with Crippen LogP contribution in [0, 0.1) is 5.92 Å². The molecule has 0 radical (unpaired) electrons. The first-order valence-corrected chi connectivity index (χ1v) is 7.14. The third-order valence-electron chi connectivity index (χ3n) is 3.22. The first-order valence-electron chi connectivity index (χ1n) is 7.14. The van der Waals surface area contributed by atoms with E-state index in [4.69, 9.17) is 10.5 Å². The van der Waals surface area contributed by atoms with E-state index in [0.717, 1.165) is 13.0 Å². The maximum Gasteiger partial charge on any atom is 0.277 e. The lowest BCUT2D eigenvalue weighted by atomic mass is 10.1. The number of carbonyl (C=O) groups is 1. The van der Waals surface area contributed by atoms with Gasteiger partial charge in [-0.1, -0.05) is 19.1 Å². The zero-order valence-corrected chi connectivity index (χ0v) is 14.3. The van der Waals surface area contributed by atoms with Crippen LogP contribution in [-0.2, 0) is 6.54 Å². The third kappa shape index (κ3) is 5.14. The van der Waals surface area contributed by atoms with Crippen LogP contribution in [0.3, 0.4) is 0 Å². The van der Waals surface area contributed by atoms with Gasteiger partial charge in [-0.25, -0.2) is 0 Å². The Morgan fingerprint density at radius 3 is 2.83 bits per heavy atom. The SMILES string of the molecule is COc1ccc(N)c(NC(=O)c2cn(CCC(C)C)nn2)c1.Cl. The van der Waals surface area contributed by atoms with E-state index in [2.05, 4.69) is 29.5 Å². The summed E-state index contributed by atoms with van der Waals surface area (Å²) >= 11 is 0. The van der Waals surface area contributed by atoms with Gasteiger partial charge < -0.3 is 15.8 Å². The van der Waals surface area contributed by atoms with Gasteiger partial charge in [0.25, 0.3) is 5.91 Å². The molecule has 0 spiro atoms. The number of amides is 1. The Kier molecular flexibility index (Phi) is 6.84. The number of benzene rings is 1. The Labute approximate surface area is 141 Å². The molecule has 0 saturated carbocycles. The predicted molar refractivity (Wildman–Crippen MR) is 92.1 cm³/mol. The molecule has 23 heavy (non-hydrogen) atoms. The van der Waals surface area contributed by atoms with Gasteiger partial charge in [0.15, 0.2) is 5.69 Å². The van der Waals surface area contributed by atoms with E-state index >= 15 is 0 Å². The van der Waals surface area contributed by atoms with Crippen molar-refractivity contribution in [1.82, 2.24) is 15.0 Å². The van der Waals surface area contributed by atoms with Gasteiger partial charge in [0.2, 0.25) is 0 Å². The predicted octanol–water partition coefficient (Wildman–Crippen LogP) is 2.59. The lowest BCUT2D eigenvalue weighted by molar-refractivity contribution is 0.102. The molecule has 1 heterocycles. The maximum atomic E-state index is 12.2. The van der Waals surface area contributed by atoms with Gasteiger partial charge in [0, 0.05) is 12.6 Å². The number of nitrogens with zero attached hydrogens (tertiary/aromatic N) is 3. The number of hydrogen-bond acceptors (Lipinski definition) is 5. The first-order chi connectivity index (χ1) is 10.5. The van der Waals surface area contributed by atoms with Crippen LogP contribution < -0.4 is 15.8 Å². The van der Waals surface area contributed by atoms with E-state index in [1.165, 1.54) is 0 Å². The van der Waals surface area contributed by atoms with Crippen molar-refractivity contribution >= 4 is 29.7 Å². The van der Waals surface area contributed by atoms with Crippen molar-refractivity contribution in [1.29, 1.82) is 0 Å². The van der Waals surface area contributed by atoms with Crippen LogP contribution in [0.5, 0.6) is 5.75 Å². The summed E-state index contributed by atoms with van der Waals surface area (Å²) in [7, 11) is 1.55. The fourth-order valence-corrected chi connectivity index (χ4v) is 1.86. The van der Waals surface area contributed by atoms with Gasteiger partial charge in [-0.15, -0.1) is 17.5 Å². The lowest BCUT2D eigenvalue weighted by Gasteiger charge is -2.08. The Balaban J connectivity index is 0.00000264. The van der Waals surface area contributed by atoms with Crippen molar-refractivity contribution in [3.05, 3.63) is 30.1 Å². The minimum Gasteiger partial charge on any atom is -0.497 e. The number of nitrogens with one attached hydrogen (secondary N) is 1. The molecule has 2 aromatic rings. The third-order valence-corrected chi connectivity index (χ3v) is 3.22. The quantitative estimate of drug-likeness (QED) is 0.789. The Morgan fingerprint density at radius 1 is 1.43 bits per heavy atom. The van der Waals surface area contributed by atoms with E-state index < -0.39 is 0 Å². The number of carbonyl (C=O) groups excluding carboxylic acids is 1. The fraction of sp³-hybridized carbons (Fsp3) is 0.400. The smallest absolute Gasteiger partial charge is 0.277 e. The standard InChI is InChI=1S/C15H21N5O2.ClH/c1-10(2)6-7-20-9-14(18-19-20)15(21)17-13-8-11(22-3)4-5-12(13)16;/h4-5,8-10H,6-7,16H2,1-3H3,(H,17,21);1H. The summed E-state index contributed by atoms with van der Waals surface area (Å²) in [6, 6.07) is 5.07. The van der Waals surface area contributed by atoms with Gasteiger partial charge in [-0.05, 0) is 24.5 Å². The molecule has 0 bridgehead atoms. The molecule has 8 heteroatoms. The van der Waals surface area contributed by atoms with Crippen molar-refractivity contribution < 1.29 is 9.53 Å². The zero-order chi connectivity index (χ0) is 16.1. The van der Waals surface area contributed by atoms with Crippen LogP contribution in [0.15, 0.2) is 24.4 Å². The number of nitrogen functional groups attached to an aromatic ring is 1. The van der Waals surface area contributed by atoms with Crippen molar-refractivity contribution in [3.63, 3.8) is 0 Å². The molecule has 126 valence electrons. The number of aromatic nitrogens is 3. The number of hydrogen-bond donors (Lipinski definition) is 2. The Bertz CT molecular complexity index is 657. The summed E-state index contributed by atoms with van der Waals surface area (Å²) in [6.45, 7) is 5.01. The molecule has 0 unspecified atom stereocenters. The average Bonchev–Trinajstić information content (AvgIpc) is 2.96. The maximum absolute atomic E-state index is 12.2. The summed E-state index contributed by atoms with van der Waals surface area (Å²) in [5, 5.41) is 10.6. The largest absolute Gasteiger partial charge is 0.497 e. The second-order valence-corrected chi connectivity index (χ2v) is 5.46. The van der Waals surface area contributed by atoms with E-state index in [1.54, 1.807) is 36.2 Å². The van der Waals surface area contributed by atoms with Crippen LogP contribution in [0.2, 0.25) is 0 Å². The zero-order valence-electron chi connectivity index (χ0n) is 13.4. The summed E-state index contributed by atoms with van der Waals surface area (Å²) in [6.07, 6.45) is 2.61. The number of rotatable bonds is 6. The molecule has 1 aromatic carbocycles. The fourth-order valence-electron chi connectivity index (χ4n) is 1.86. The Morgan fingerprint density at radius 2 is 2.17 bits per heavy atom. The highest BCUT2D eigenvalue weighted by atomic mass is 35.5. The highest BCUT2D eigenvalue weighted by molar-refractivity contribution is 6.04. The molecule has 2 rings (SSSR count). The van der Waals surface area contributed by atoms with Crippen LogP contribution in [-0.4, -0.2) is 28.0 Å². The second kappa shape index (κ2) is 8.38. The van der Waals surface area contributed by atoms with Gasteiger partial charge in [-0.3, -0.25) is 9.48 Å². The molecule has 0 saturated heterocycles. The van der Waals surface area contributed by atoms with Crippen LogP contribution in [0.1, 0.15) is 30.8 Å². The molecule has 0 atom stereocenters. The van der Waals surface area contributed by atoms with Crippen LogP contribution in [0.4, 0.5) is 11.4 Å². The summed E-state index contributed by atoms with van der Waals surface area (Å²) < 4.78 is 6.79. The number of anilines is 2. The minimum atomic E-state index is -0.351. The highest BCUT2D eigenvalue weighted by Crippen LogP contribution is 2.24. The summed E-state index contributed by atoms with van der Waals surface area (Å²) in [4.78, 5) is 12.2. The molecule has 1 amide bonds. The second-order valence-electron chi connectivity index (χ2n) is 5.46. The first kappa shape index (κ1) is 18.8. The van der Waals surface area contributed by atoms with E-state index in [0.29, 0.717) is 23.0 Å². The van der Waals surface area contributed by atoms with E-state index in [-0.39, 0.29) is 24.0 Å². The molecule has 0 aliphatic carbocycles. The number of nitrogens with two attached hydrogens (primary N) is 1. The minimum absolute atomic E-state index is 0. The van der Waals surface area contributed by atoms with Crippen molar-refractivity contribution in [2.45, 2.75) is 26.8 Å². The number of methoxy groups -OCH3 is 1. The molecular weight excluding hydrogens is 318 g/mol. The molecular formula is C15H22ClN5O2. The summed E-state index contributed by atoms with van der Waals surface area (Å²) in [5.74, 6) is 0.832. The van der Waals surface area contributed by atoms with Crippen molar-refractivity contribution in [2.24, 2.45) is 5.92 Å². The number of ether oxygens (including phenoxy) is 1. The van der Waals surface area contributed by atoms with Gasteiger partial charge in [0.05, 0.1) is 24.7 Å². The molecule has 0 fully saturated rings. The molecule has 0 aliphatic rings. The molecule has 0 aliphatic heterocycles. The average molecular weight is 340 g/mol. The molecule has 7 nitrogen and oxygen atoms in total. The normalized spacial score (nSPS) is 10.3. The number of aryl methyl sites for hydroxylation is 1. The van der Waals surface area contributed by atoms with Crippen molar-refractivity contribution in [3.8, 4) is 5.75 Å². The summed E-state index contributed by atoms with van der Waals surface area (Å²) in [5.41, 5.74) is 7.05.